The van der Waals surface area contributed by atoms with E-state index in [2.05, 4.69) is 9.47 Å². The molecule has 0 aromatic carbocycles. The molecule has 3 aliphatic rings. The number of fused-ring (bicyclic) bond motifs is 3. The summed E-state index contributed by atoms with van der Waals surface area (Å²) in [6.07, 6.45) is 0.648. The van der Waals surface area contributed by atoms with Crippen molar-refractivity contribution in [2.24, 2.45) is 5.92 Å². The van der Waals surface area contributed by atoms with Gasteiger partial charge in [0, 0.05) is 6.42 Å². The van der Waals surface area contributed by atoms with Crippen LogP contribution < -0.4 is 0 Å². The third kappa shape index (κ3) is 0.616. The van der Waals surface area contributed by atoms with E-state index >= 15 is 0 Å². The molecule has 3 saturated heterocycles. The minimum atomic E-state index is -0.634. The molecule has 2 bridgehead atoms. The largest absolute Gasteiger partial charge is 0.425 e. The number of carbonyl (C=O) groups is 2. The first-order valence-corrected chi connectivity index (χ1v) is 3.18. The number of rotatable bonds is 0. The smallest absolute Gasteiger partial charge is 0.323 e. The van der Waals surface area contributed by atoms with Crippen molar-refractivity contribution in [3.8, 4) is 0 Å². The second-order valence-corrected chi connectivity index (χ2v) is 2.43. The Labute approximate surface area is 57.1 Å². The van der Waals surface area contributed by atoms with Crippen molar-refractivity contribution in [3.63, 3.8) is 0 Å². The molecular weight excluding hydrogens is 136 g/mol. The predicted molar refractivity (Wildman–Crippen MR) is 28.7 cm³/mol. The molecule has 0 aromatic heterocycles. The van der Waals surface area contributed by atoms with Crippen molar-refractivity contribution in [2.45, 2.75) is 19.1 Å². The van der Waals surface area contributed by atoms with Crippen LogP contribution in [0.25, 0.3) is 0 Å². The van der Waals surface area contributed by atoms with Crippen LogP contribution in [0.15, 0.2) is 0 Å². The van der Waals surface area contributed by atoms with Crippen LogP contribution in [-0.4, -0.2) is 18.2 Å². The van der Waals surface area contributed by atoms with Crippen molar-refractivity contribution in [3.05, 3.63) is 0 Å². The third-order valence-electron chi connectivity index (χ3n) is 1.76. The number of ether oxygens (including phenoxy) is 2. The normalized spacial score (nSPS) is 37.2. The zero-order chi connectivity index (χ0) is 7.14. The minimum Gasteiger partial charge on any atom is -0.425 e. The zero-order valence-corrected chi connectivity index (χ0v) is 5.20. The van der Waals surface area contributed by atoms with Crippen molar-refractivity contribution >= 4 is 11.9 Å². The molecule has 0 aromatic rings. The van der Waals surface area contributed by atoms with Crippen LogP contribution in [0.4, 0.5) is 0 Å². The molecule has 0 saturated carbocycles. The fraction of sp³-hybridized carbons (Fsp3) is 0.667. The van der Waals surface area contributed by atoms with Gasteiger partial charge in [-0.15, -0.1) is 0 Å². The number of carbonyl (C=O) groups excluding carboxylic acids is 2. The highest BCUT2D eigenvalue weighted by molar-refractivity contribution is 5.96. The second kappa shape index (κ2) is 1.71. The quantitative estimate of drug-likeness (QED) is 0.348. The Kier molecular flexibility index (Phi) is 0.977. The van der Waals surface area contributed by atoms with Gasteiger partial charge in [0.25, 0.3) is 0 Å². The Morgan fingerprint density at radius 1 is 1.10 bits per heavy atom. The average Bonchev–Trinajstić information content (AvgIpc) is 1.86. The Bertz CT molecular complexity index is 180. The van der Waals surface area contributed by atoms with Gasteiger partial charge in [0.2, 0.25) is 6.29 Å². The highest BCUT2D eigenvalue weighted by Crippen LogP contribution is 2.28. The summed E-state index contributed by atoms with van der Waals surface area (Å²) in [5, 5.41) is 0. The van der Waals surface area contributed by atoms with Crippen molar-refractivity contribution in [1.82, 2.24) is 0 Å². The first-order chi connectivity index (χ1) is 4.77. The van der Waals surface area contributed by atoms with Crippen molar-refractivity contribution in [1.29, 1.82) is 0 Å². The maximum atomic E-state index is 10.7. The molecule has 0 N–H and O–H groups in total. The lowest BCUT2D eigenvalue weighted by molar-refractivity contribution is -0.225. The lowest BCUT2D eigenvalue weighted by atomic mass is 9.98. The van der Waals surface area contributed by atoms with Crippen LogP contribution in [0.3, 0.4) is 0 Å². The lowest BCUT2D eigenvalue weighted by Crippen LogP contribution is -2.45. The summed E-state index contributed by atoms with van der Waals surface area (Å²) >= 11 is 0. The van der Waals surface area contributed by atoms with Crippen LogP contribution in [0.1, 0.15) is 12.8 Å². The van der Waals surface area contributed by atoms with Gasteiger partial charge >= 0.3 is 11.9 Å². The summed E-state index contributed by atoms with van der Waals surface area (Å²) < 4.78 is 9.35. The predicted octanol–water partition coefficient (Wildman–Crippen LogP) is -0.177. The van der Waals surface area contributed by atoms with Gasteiger partial charge in [-0.3, -0.25) is 9.59 Å². The van der Waals surface area contributed by atoms with E-state index in [0.29, 0.717) is 12.8 Å². The molecule has 0 unspecified atom stereocenters. The van der Waals surface area contributed by atoms with E-state index < -0.39 is 24.1 Å². The maximum Gasteiger partial charge on any atom is 0.323 e. The number of hydrogen-bond donors (Lipinski definition) is 0. The van der Waals surface area contributed by atoms with Gasteiger partial charge in [-0.25, -0.2) is 0 Å². The van der Waals surface area contributed by atoms with Gasteiger partial charge in [-0.1, -0.05) is 0 Å². The molecule has 4 nitrogen and oxygen atoms in total. The summed E-state index contributed by atoms with van der Waals surface area (Å²) in [4.78, 5) is 21.5. The molecule has 54 valence electrons. The first-order valence-electron chi connectivity index (χ1n) is 3.18. The van der Waals surface area contributed by atoms with E-state index in [0.717, 1.165) is 0 Å². The SMILES string of the molecule is O=C1OC2CCC1C(=O)O2. The van der Waals surface area contributed by atoms with Crippen molar-refractivity contribution in [2.75, 3.05) is 0 Å². The van der Waals surface area contributed by atoms with E-state index in [1.54, 1.807) is 0 Å². The molecule has 4 heteroatoms. The monoisotopic (exact) mass is 142 g/mol. The summed E-state index contributed by atoms with van der Waals surface area (Å²) in [6.45, 7) is 0. The Balaban J connectivity index is 2.26. The van der Waals surface area contributed by atoms with Crippen molar-refractivity contribution < 1.29 is 19.1 Å². The van der Waals surface area contributed by atoms with Crippen LogP contribution in [0.2, 0.25) is 0 Å². The maximum absolute atomic E-state index is 10.7. The van der Waals surface area contributed by atoms with E-state index in [9.17, 15) is 9.59 Å². The zero-order valence-electron chi connectivity index (χ0n) is 5.20. The third-order valence-corrected chi connectivity index (χ3v) is 1.76. The molecule has 3 heterocycles. The molecule has 0 amide bonds. The summed E-state index contributed by atoms with van der Waals surface area (Å²) in [5.74, 6) is -1.48. The molecule has 3 fully saturated rings. The van der Waals surface area contributed by atoms with E-state index in [-0.39, 0.29) is 0 Å². The van der Waals surface area contributed by atoms with Crippen LogP contribution in [0.5, 0.6) is 0 Å². The Hall–Kier alpha value is -1.06. The second-order valence-electron chi connectivity index (χ2n) is 2.43. The van der Waals surface area contributed by atoms with Gasteiger partial charge in [-0.2, -0.15) is 0 Å². The number of esters is 2. The molecule has 0 spiro atoms. The van der Waals surface area contributed by atoms with Crippen LogP contribution in [-0.2, 0) is 19.1 Å². The minimum absolute atomic E-state index is 0.424. The van der Waals surface area contributed by atoms with Gasteiger partial charge in [0.05, 0.1) is 0 Å². The standard InChI is InChI=1S/C6H6O4/c7-5-3-1-2-4(9-5)10-6(3)8/h3-4H,1-2H2. The van der Waals surface area contributed by atoms with E-state index in [4.69, 9.17) is 0 Å². The van der Waals surface area contributed by atoms with Crippen LogP contribution in [0, 0.1) is 5.92 Å². The fourth-order valence-corrected chi connectivity index (χ4v) is 1.20. The molecule has 0 atom stereocenters. The summed E-state index contributed by atoms with van der Waals surface area (Å²) in [6, 6.07) is 0. The Morgan fingerprint density at radius 3 is 2.00 bits per heavy atom. The van der Waals surface area contributed by atoms with Gasteiger partial charge < -0.3 is 9.47 Å². The summed E-state index contributed by atoms with van der Waals surface area (Å²) in [5.41, 5.74) is 0. The molecule has 0 aliphatic carbocycles. The first kappa shape index (κ1) is 5.70. The van der Waals surface area contributed by atoms with Gasteiger partial charge in [0.1, 0.15) is 0 Å². The molecular formula is C6H6O4. The van der Waals surface area contributed by atoms with Gasteiger partial charge in [0.15, 0.2) is 5.92 Å². The lowest BCUT2D eigenvalue weighted by Gasteiger charge is -2.32. The molecule has 10 heavy (non-hydrogen) atoms. The highest BCUT2D eigenvalue weighted by Gasteiger charge is 2.44. The van der Waals surface area contributed by atoms with Gasteiger partial charge in [-0.05, 0) is 6.42 Å². The summed E-state index contributed by atoms with van der Waals surface area (Å²) in [7, 11) is 0. The highest BCUT2D eigenvalue weighted by atomic mass is 16.7. The average molecular weight is 142 g/mol. The number of hydrogen-bond acceptors (Lipinski definition) is 4. The topological polar surface area (TPSA) is 52.6 Å². The van der Waals surface area contributed by atoms with Crippen LogP contribution >= 0.6 is 0 Å². The molecule has 0 radical (unpaired) electrons. The van der Waals surface area contributed by atoms with E-state index in [1.807, 2.05) is 0 Å². The molecule has 3 aliphatic heterocycles. The molecule has 3 rings (SSSR count). The fourth-order valence-electron chi connectivity index (χ4n) is 1.20. The Morgan fingerprint density at radius 2 is 1.70 bits per heavy atom. The van der Waals surface area contributed by atoms with E-state index in [1.165, 1.54) is 0 Å².